The number of nitro benzene ring substituents is 1. The van der Waals surface area contributed by atoms with E-state index in [1.54, 1.807) is 16.6 Å². The quantitative estimate of drug-likeness (QED) is 0.277. The van der Waals surface area contributed by atoms with Gasteiger partial charge in [0.2, 0.25) is 0 Å². The highest BCUT2D eigenvalue weighted by Gasteiger charge is 2.18. The molecule has 0 N–H and O–H groups in total. The van der Waals surface area contributed by atoms with E-state index in [0.717, 1.165) is 0 Å². The third-order valence-electron chi connectivity index (χ3n) is 3.15. The highest BCUT2D eigenvalue weighted by molar-refractivity contribution is 14.2. The predicted molar refractivity (Wildman–Crippen MR) is 92.1 cm³/mol. The van der Waals surface area contributed by atoms with E-state index in [-0.39, 0.29) is 11.4 Å². The second-order valence-electron chi connectivity index (χ2n) is 4.37. The van der Waals surface area contributed by atoms with E-state index in [4.69, 9.17) is 5.26 Å². The summed E-state index contributed by atoms with van der Waals surface area (Å²) in [5.41, 5.74) is 2.34. The number of hydrogen-bond acceptors (Lipinski definition) is 5. The fraction of sp³-hybridized carbons (Fsp3) is 0. The van der Waals surface area contributed by atoms with Crippen molar-refractivity contribution < 1.29 is 4.92 Å². The molecule has 0 spiro atoms. The summed E-state index contributed by atoms with van der Waals surface area (Å²) in [7, 11) is 0. The molecule has 0 aliphatic heterocycles. The Morgan fingerprint density at radius 3 is 2.86 bits per heavy atom. The summed E-state index contributed by atoms with van der Waals surface area (Å²) in [4.78, 5) is 14.8. The van der Waals surface area contributed by atoms with Gasteiger partial charge in [-0.1, -0.05) is 0 Å². The van der Waals surface area contributed by atoms with Crippen LogP contribution in [0, 0.1) is 21.4 Å². The molecule has 7 nitrogen and oxygen atoms in total. The number of nitriles is 1. The molecule has 108 valence electrons. The van der Waals surface area contributed by atoms with Crippen LogP contribution in [-0.4, -0.2) is 19.5 Å². The molecule has 3 rings (SSSR count). The maximum absolute atomic E-state index is 11.3. The third-order valence-corrected chi connectivity index (χ3v) is 5.04. The minimum absolute atomic E-state index is 0.00344. The molecule has 0 bridgehead atoms. The molecule has 0 amide bonds. The molecular formula is C13H7IN5O2P. The standard InChI is InChI=1S/C13H7IN5O2P/c14-22-18-12-4-9(8-1-2-16-10(3-8)6-15)5-13(19(20)21)11(12)7-17-18/h1-5,7,22H. The average molecular weight is 423 g/mol. The number of pyridine rings is 1. The lowest BCUT2D eigenvalue weighted by Crippen LogP contribution is -1.92. The van der Waals surface area contributed by atoms with Crippen LogP contribution in [0.4, 0.5) is 5.69 Å². The minimum Gasteiger partial charge on any atom is -0.258 e. The molecule has 0 saturated heterocycles. The number of non-ortho nitro benzene ring substituents is 1. The topological polar surface area (TPSA) is 97.6 Å². The van der Waals surface area contributed by atoms with Gasteiger partial charge in [0, 0.05) is 12.3 Å². The maximum atomic E-state index is 11.3. The molecule has 2 heterocycles. The smallest absolute Gasteiger partial charge is 0.258 e. The SMILES string of the molecule is N#Cc1cc(-c2cc([N+](=O)[O-])c3cnn(PI)c3c2)ccn1. The van der Waals surface area contributed by atoms with Crippen molar-refractivity contribution in [1.82, 2.24) is 14.5 Å². The summed E-state index contributed by atoms with van der Waals surface area (Å²) >= 11 is 2.17. The van der Waals surface area contributed by atoms with E-state index in [0.29, 0.717) is 28.4 Å². The lowest BCUT2D eigenvalue weighted by Gasteiger charge is -2.04. The Morgan fingerprint density at radius 1 is 1.36 bits per heavy atom. The van der Waals surface area contributed by atoms with Crippen molar-refractivity contribution in [2.24, 2.45) is 0 Å². The minimum atomic E-state index is -0.416. The zero-order valence-electron chi connectivity index (χ0n) is 10.9. The van der Waals surface area contributed by atoms with Gasteiger partial charge in [0.25, 0.3) is 5.69 Å². The van der Waals surface area contributed by atoms with Gasteiger partial charge in [-0.3, -0.25) is 10.1 Å². The average Bonchev–Trinajstić information content (AvgIpc) is 2.96. The van der Waals surface area contributed by atoms with E-state index in [9.17, 15) is 10.1 Å². The Hall–Kier alpha value is -2.11. The third kappa shape index (κ3) is 2.53. The molecule has 22 heavy (non-hydrogen) atoms. The highest BCUT2D eigenvalue weighted by atomic mass is 127. The van der Waals surface area contributed by atoms with Crippen molar-refractivity contribution in [2.75, 3.05) is 0 Å². The molecule has 0 saturated carbocycles. The van der Waals surface area contributed by atoms with E-state index in [1.807, 2.05) is 12.1 Å². The second-order valence-corrected chi connectivity index (χ2v) is 6.41. The van der Waals surface area contributed by atoms with Crippen molar-refractivity contribution >= 4 is 45.0 Å². The molecule has 9 heteroatoms. The predicted octanol–water partition coefficient (Wildman–Crippen LogP) is 3.67. The first kappa shape index (κ1) is 14.8. The van der Waals surface area contributed by atoms with Gasteiger partial charge in [0.1, 0.15) is 11.8 Å². The van der Waals surface area contributed by atoms with E-state index < -0.39 is 4.92 Å². The molecule has 0 aliphatic carbocycles. The molecule has 1 atom stereocenters. The molecular weight excluding hydrogens is 416 g/mol. The van der Waals surface area contributed by atoms with E-state index >= 15 is 0 Å². The van der Waals surface area contributed by atoms with Crippen molar-refractivity contribution in [3.05, 3.63) is 52.5 Å². The summed E-state index contributed by atoms with van der Waals surface area (Å²) in [6.07, 6.45) is 3.36. The first-order chi connectivity index (χ1) is 10.6. The van der Waals surface area contributed by atoms with Crippen LogP contribution in [0.3, 0.4) is 0 Å². The summed E-state index contributed by atoms with van der Waals surface area (Å²) in [6, 6.07) is 8.64. The Labute approximate surface area is 139 Å². The fourth-order valence-electron chi connectivity index (χ4n) is 2.16. The van der Waals surface area contributed by atoms with Gasteiger partial charge in [-0.05, 0) is 51.4 Å². The van der Waals surface area contributed by atoms with Crippen LogP contribution < -0.4 is 0 Å². The first-order valence-corrected chi connectivity index (χ1v) is 10.1. The second kappa shape index (κ2) is 5.94. The van der Waals surface area contributed by atoms with E-state index in [1.165, 1.54) is 18.5 Å². The molecule has 2 aromatic heterocycles. The zero-order valence-corrected chi connectivity index (χ0v) is 14.1. The number of aromatic nitrogens is 3. The Balaban J connectivity index is 2.30. The van der Waals surface area contributed by atoms with Gasteiger partial charge in [-0.2, -0.15) is 10.4 Å². The van der Waals surface area contributed by atoms with Gasteiger partial charge < -0.3 is 0 Å². The van der Waals surface area contributed by atoms with Crippen molar-refractivity contribution in [2.45, 2.75) is 0 Å². The van der Waals surface area contributed by atoms with Crippen molar-refractivity contribution in [3.8, 4) is 17.2 Å². The Bertz CT molecular complexity index is 934. The lowest BCUT2D eigenvalue weighted by molar-refractivity contribution is -0.383. The Kier molecular flexibility index (Phi) is 4.00. The number of nitro groups is 1. The van der Waals surface area contributed by atoms with Crippen LogP contribution in [0.2, 0.25) is 0 Å². The van der Waals surface area contributed by atoms with Crippen molar-refractivity contribution in [1.29, 1.82) is 5.26 Å². The zero-order chi connectivity index (χ0) is 15.7. The van der Waals surface area contributed by atoms with Gasteiger partial charge in [-0.25, -0.2) is 9.44 Å². The summed E-state index contributed by atoms with van der Waals surface area (Å²) < 4.78 is 1.72. The molecule has 1 unspecified atom stereocenters. The summed E-state index contributed by atoms with van der Waals surface area (Å²) in [5, 5.41) is 24.9. The number of halogens is 1. The van der Waals surface area contributed by atoms with Crippen molar-refractivity contribution in [3.63, 3.8) is 0 Å². The normalized spacial score (nSPS) is 11.1. The number of hydrogen-bond donors (Lipinski definition) is 0. The van der Waals surface area contributed by atoms with Gasteiger partial charge >= 0.3 is 0 Å². The largest absolute Gasteiger partial charge is 0.281 e. The molecule has 0 aliphatic rings. The maximum Gasteiger partial charge on any atom is 0.281 e. The van der Waals surface area contributed by atoms with Crippen LogP contribution in [0.1, 0.15) is 5.69 Å². The molecule has 1 aromatic carbocycles. The number of benzene rings is 1. The number of rotatable bonds is 3. The van der Waals surface area contributed by atoms with Crippen LogP contribution in [0.5, 0.6) is 0 Å². The van der Waals surface area contributed by atoms with Crippen LogP contribution >= 0.6 is 28.4 Å². The fourth-order valence-corrected chi connectivity index (χ4v) is 3.70. The highest BCUT2D eigenvalue weighted by Crippen LogP contribution is 2.36. The van der Waals surface area contributed by atoms with Crippen LogP contribution in [0.15, 0.2) is 36.7 Å². The number of nitrogens with zero attached hydrogens (tertiary/aromatic N) is 5. The van der Waals surface area contributed by atoms with Crippen LogP contribution in [-0.2, 0) is 0 Å². The molecule has 0 radical (unpaired) electrons. The number of fused-ring (bicyclic) bond motifs is 1. The monoisotopic (exact) mass is 423 g/mol. The van der Waals surface area contributed by atoms with E-state index in [2.05, 4.69) is 32.1 Å². The summed E-state index contributed by atoms with van der Waals surface area (Å²) in [6.45, 7) is 0. The lowest BCUT2D eigenvalue weighted by atomic mass is 10.0. The summed E-state index contributed by atoms with van der Waals surface area (Å²) in [5.74, 6) is 0. The molecule has 3 aromatic rings. The van der Waals surface area contributed by atoms with Gasteiger partial charge in [0.05, 0.1) is 28.4 Å². The van der Waals surface area contributed by atoms with Gasteiger partial charge in [-0.15, -0.1) is 0 Å². The van der Waals surface area contributed by atoms with Gasteiger partial charge in [0.15, 0.2) is 0 Å². The molecule has 0 fully saturated rings. The van der Waals surface area contributed by atoms with Crippen LogP contribution in [0.25, 0.3) is 22.0 Å². The Morgan fingerprint density at radius 2 is 2.18 bits per heavy atom. The first-order valence-electron chi connectivity index (χ1n) is 6.03.